The zero-order chi connectivity index (χ0) is 19.8. The molecule has 0 bridgehead atoms. The first-order valence-electron chi connectivity index (χ1n) is 9.39. The Labute approximate surface area is 158 Å². The fourth-order valence-electron chi connectivity index (χ4n) is 3.84. The Hall–Kier alpha value is -2.44. The van der Waals surface area contributed by atoms with Crippen LogP contribution in [0.4, 0.5) is 9.18 Å². The predicted octanol–water partition coefficient (Wildman–Crippen LogP) is 2.85. The number of nitrogens with zero attached hydrogens (tertiary/aromatic N) is 2. The van der Waals surface area contributed by atoms with Crippen LogP contribution in [0, 0.1) is 11.7 Å². The molecular formula is C20H26FN3O3. The maximum Gasteiger partial charge on any atom is 0.325 e. The number of carbonyl (C=O) groups excluding carboxylic acids is 3. The molecule has 2 fully saturated rings. The summed E-state index contributed by atoms with van der Waals surface area (Å²) < 4.78 is 13.1. The van der Waals surface area contributed by atoms with Crippen LogP contribution >= 0.6 is 0 Å². The van der Waals surface area contributed by atoms with Gasteiger partial charge in [-0.15, -0.1) is 0 Å². The highest BCUT2D eigenvalue weighted by Crippen LogP contribution is 2.36. The molecule has 1 heterocycles. The molecule has 3 rings (SSSR count). The second-order valence-electron chi connectivity index (χ2n) is 7.82. The van der Waals surface area contributed by atoms with Crippen molar-refractivity contribution in [2.24, 2.45) is 5.92 Å². The van der Waals surface area contributed by atoms with Gasteiger partial charge in [-0.3, -0.25) is 14.5 Å². The van der Waals surface area contributed by atoms with Crippen LogP contribution in [0.5, 0.6) is 0 Å². The van der Waals surface area contributed by atoms with E-state index in [1.54, 1.807) is 19.2 Å². The Bertz CT molecular complexity index is 741. The van der Waals surface area contributed by atoms with E-state index in [0.717, 1.165) is 23.3 Å². The topological polar surface area (TPSA) is 69.7 Å². The van der Waals surface area contributed by atoms with E-state index < -0.39 is 11.6 Å². The average Bonchev–Trinajstić information content (AvgIpc) is 2.88. The van der Waals surface area contributed by atoms with Crippen LogP contribution in [0.15, 0.2) is 24.3 Å². The van der Waals surface area contributed by atoms with Crippen molar-refractivity contribution in [3.63, 3.8) is 0 Å². The van der Waals surface area contributed by atoms with E-state index in [0.29, 0.717) is 18.8 Å². The number of rotatable bonds is 4. The highest BCUT2D eigenvalue weighted by molar-refractivity contribution is 6.09. The van der Waals surface area contributed by atoms with Gasteiger partial charge in [0.25, 0.3) is 5.91 Å². The monoisotopic (exact) mass is 375 g/mol. The fraction of sp³-hybridized carbons (Fsp3) is 0.550. The third-order valence-electron chi connectivity index (χ3n) is 5.99. The van der Waals surface area contributed by atoms with E-state index in [1.165, 1.54) is 17.0 Å². The van der Waals surface area contributed by atoms with E-state index >= 15 is 0 Å². The lowest BCUT2D eigenvalue weighted by atomic mass is 9.77. The highest BCUT2D eigenvalue weighted by atomic mass is 19.1. The summed E-state index contributed by atoms with van der Waals surface area (Å²) in [5.41, 5.74) is -0.0624. The SMILES string of the molecule is CC1CCC2(CC1)NC(=O)N(CC(=O)N(C)C(C)c1ccc(F)cc1)C2=O. The number of carbonyl (C=O) groups is 3. The molecule has 1 aliphatic carbocycles. The summed E-state index contributed by atoms with van der Waals surface area (Å²) in [7, 11) is 1.62. The Morgan fingerprint density at radius 2 is 1.89 bits per heavy atom. The molecule has 1 aliphatic heterocycles. The largest absolute Gasteiger partial charge is 0.337 e. The van der Waals surface area contributed by atoms with Gasteiger partial charge in [0.15, 0.2) is 0 Å². The number of hydrogen-bond donors (Lipinski definition) is 1. The van der Waals surface area contributed by atoms with Crippen molar-refractivity contribution in [1.82, 2.24) is 15.1 Å². The van der Waals surface area contributed by atoms with Crippen molar-refractivity contribution in [3.8, 4) is 0 Å². The van der Waals surface area contributed by atoms with E-state index in [2.05, 4.69) is 12.2 Å². The van der Waals surface area contributed by atoms with E-state index in [9.17, 15) is 18.8 Å². The van der Waals surface area contributed by atoms with Crippen molar-refractivity contribution >= 4 is 17.8 Å². The van der Waals surface area contributed by atoms with E-state index in [1.807, 2.05) is 6.92 Å². The zero-order valence-corrected chi connectivity index (χ0v) is 16.0. The van der Waals surface area contributed by atoms with E-state index in [-0.39, 0.29) is 30.2 Å². The van der Waals surface area contributed by atoms with Gasteiger partial charge in [0.05, 0.1) is 6.04 Å². The predicted molar refractivity (Wildman–Crippen MR) is 98.2 cm³/mol. The third kappa shape index (κ3) is 3.68. The molecule has 146 valence electrons. The Balaban J connectivity index is 1.67. The van der Waals surface area contributed by atoms with Gasteiger partial charge in [-0.2, -0.15) is 0 Å². The molecule has 0 radical (unpaired) electrons. The minimum Gasteiger partial charge on any atom is -0.337 e. The molecule has 1 saturated carbocycles. The van der Waals surface area contributed by atoms with Crippen LogP contribution < -0.4 is 5.32 Å². The zero-order valence-electron chi connectivity index (χ0n) is 16.0. The van der Waals surface area contributed by atoms with Gasteiger partial charge in [-0.25, -0.2) is 9.18 Å². The third-order valence-corrected chi connectivity index (χ3v) is 5.99. The smallest absolute Gasteiger partial charge is 0.325 e. The first-order valence-corrected chi connectivity index (χ1v) is 9.39. The summed E-state index contributed by atoms with van der Waals surface area (Å²) in [5, 5.41) is 2.83. The molecule has 1 spiro atoms. The van der Waals surface area contributed by atoms with Crippen LogP contribution in [-0.4, -0.2) is 46.8 Å². The van der Waals surface area contributed by atoms with Gasteiger partial charge in [0, 0.05) is 7.05 Å². The number of urea groups is 1. The van der Waals surface area contributed by atoms with Gasteiger partial charge in [0.1, 0.15) is 17.9 Å². The lowest BCUT2D eigenvalue weighted by molar-refractivity contribution is -0.140. The van der Waals surface area contributed by atoms with Gasteiger partial charge in [-0.05, 0) is 56.2 Å². The molecule has 1 atom stereocenters. The van der Waals surface area contributed by atoms with Crippen LogP contribution in [0.25, 0.3) is 0 Å². The quantitative estimate of drug-likeness (QED) is 0.823. The van der Waals surface area contributed by atoms with Crippen LogP contribution in [0.3, 0.4) is 0 Å². The highest BCUT2D eigenvalue weighted by Gasteiger charge is 2.52. The van der Waals surface area contributed by atoms with Crippen LogP contribution in [0.2, 0.25) is 0 Å². The standard InChI is InChI=1S/C20H26FN3O3/c1-13-8-10-20(11-9-13)18(26)24(19(27)22-20)12-17(25)23(3)14(2)15-4-6-16(21)7-5-15/h4-7,13-14H,8-12H2,1-3H3,(H,22,27). The lowest BCUT2D eigenvalue weighted by Crippen LogP contribution is -2.50. The molecule has 2 aliphatic rings. The second-order valence-corrected chi connectivity index (χ2v) is 7.82. The number of amides is 4. The number of benzene rings is 1. The Kier molecular flexibility index (Phi) is 5.22. The first-order chi connectivity index (χ1) is 12.7. The van der Waals surface area contributed by atoms with E-state index in [4.69, 9.17) is 0 Å². The molecule has 6 nitrogen and oxygen atoms in total. The fourth-order valence-corrected chi connectivity index (χ4v) is 3.84. The molecule has 4 amide bonds. The lowest BCUT2D eigenvalue weighted by Gasteiger charge is -2.33. The number of hydrogen-bond acceptors (Lipinski definition) is 3. The van der Waals surface area contributed by atoms with Crippen molar-refractivity contribution < 1.29 is 18.8 Å². The molecule has 1 saturated heterocycles. The number of nitrogens with one attached hydrogen (secondary N) is 1. The van der Waals surface area contributed by atoms with Crippen LogP contribution in [-0.2, 0) is 9.59 Å². The van der Waals surface area contributed by atoms with Crippen LogP contribution in [0.1, 0.15) is 51.1 Å². The summed E-state index contributed by atoms with van der Waals surface area (Å²) in [5.74, 6) is -0.433. The number of halogens is 1. The molecule has 1 N–H and O–H groups in total. The Morgan fingerprint density at radius 1 is 1.30 bits per heavy atom. The molecule has 7 heteroatoms. The summed E-state index contributed by atoms with van der Waals surface area (Å²) in [6.45, 7) is 3.67. The average molecular weight is 375 g/mol. The minimum atomic E-state index is -0.842. The van der Waals surface area contributed by atoms with Crippen molar-refractivity contribution in [2.45, 2.75) is 51.1 Å². The molecule has 1 aromatic rings. The van der Waals surface area contributed by atoms with Crippen molar-refractivity contribution in [1.29, 1.82) is 0 Å². The van der Waals surface area contributed by atoms with Gasteiger partial charge < -0.3 is 10.2 Å². The normalized spacial score (nSPS) is 26.2. The summed E-state index contributed by atoms with van der Waals surface area (Å²) in [6.07, 6.45) is 3.00. The number of imide groups is 1. The minimum absolute atomic E-state index is 0.288. The van der Waals surface area contributed by atoms with Gasteiger partial charge in [-0.1, -0.05) is 19.1 Å². The number of likely N-dealkylation sites (N-methyl/N-ethyl adjacent to an activating group) is 1. The molecule has 1 aromatic carbocycles. The summed E-state index contributed by atoms with van der Waals surface area (Å²) >= 11 is 0. The van der Waals surface area contributed by atoms with Crippen molar-refractivity contribution in [2.75, 3.05) is 13.6 Å². The Morgan fingerprint density at radius 3 is 2.48 bits per heavy atom. The maximum atomic E-state index is 13.1. The molecule has 1 unspecified atom stereocenters. The second kappa shape index (κ2) is 7.29. The first kappa shape index (κ1) is 19.3. The maximum absolute atomic E-state index is 13.1. The van der Waals surface area contributed by atoms with Gasteiger partial charge in [0.2, 0.25) is 5.91 Å². The molecule has 0 aromatic heterocycles. The van der Waals surface area contributed by atoms with Crippen molar-refractivity contribution in [3.05, 3.63) is 35.6 Å². The summed E-state index contributed by atoms with van der Waals surface area (Å²) in [4.78, 5) is 40.4. The molecular weight excluding hydrogens is 349 g/mol. The summed E-state index contributed by atoms with van der Waals surface area (Å²) in [6, 6.07) is 5.13. The van der Waals surface area contributed by atoms with Gasteiger partial charge >= 0.3 is 6.03 Å². The molecule has 27 heavy (non-hydrogen) atoms.